The molecule has 0 heterocycles. The molecule has 0 aliphatic heterocycles. The fourth-order valence-corrected chi connectivity index (χ4v) is 0.808. The van der Waals surface area contributed by atoms with Crippen LogP contribution in [0.15, 0.2) is 11.6 Å². The first kappa shape index (κ1) is 19.0. The Balaban J connectivity index is 0. The van der Waals surface area contributed by atoms with Gasteiger partial charge in [-0.25, -0.2) is 0 Å². The van der Waals surface area contributed by atoms with Crippen molar-refractivity contribution in [2.45, 2.75) is 39.7 Å². The maximum Gasteiger partial charge on any atom is 0.310 e. The third-order valence-electron chi connectivity index (χ3n) is 1.75. The van der Waals surface area contributed by atoms with Crippen LogP contribution >= 0.6 is 0 Å². The van der Waals surface area contributed by atoms with E-state index in [1.165, 1.54) is 6.08 Å². The van der Waals surface area contributed by atoms with Crippen molar-refractivity contribution in [3.63, 3.8) is 0 Å². The number of allylic oxidation sites excluding steroid dienone is 1. The summed E-state index contributed by atoms with van der Waals surface area (Å²) in [4.78, 5) is 20.7. The molecule has 0 aliphatic carbocycles. The van der Waals surface area contributed by atoms with Crippen molar-refractivity contribution in [3.05, 3.63) is 11.6 Å². The van der Waals surface area contributed by atoms with Gasteiger partial charge < -0.3 is 21.1 Å². The smallest absolute Gasteiger partial charge is 0.310 e. The summed E-state index contributed by atoms with van der Waals surface area (Å²) in [5.74, 6) is -3.11. The van der Waals surface area contributed by atoms with Crippen molar-refractivity contribution in [1.82, 2.24) is 0 Å². The van der Waals surface area contributed by atoms with Gasteiger partial charge in [-0.2, -0.15) is 0 Å². The maximum absolute atomic E-state index is 10.5. The van der Waals surface area contributed by atoms with Crippen molar-refractivity contribution in [2.24, 2.45) is 11.7 Å². The fraction of sp³-hybridized carbons (Fsp3) is 0.667. The summed E-state index contributed by atoms with van der Waals surface area (Å²) in [6.45, 7) is 7.14. The van der Waals surface area contributed by atoms with Crippen LogP contribution in [0.25, 0.3) is 0 Å². The van der Waals surface area contributed by atoms with E-state index in [1.807, 2.05) is 0 Å². The molecule has 106 valence electrons. The minimum absolute atomic E-state index is 0.326. The van der Waals surface area contributed by atoms with Gasteiger partial charge in [0.05, 0.1) is 17.9 Å². The molecule has 0 spiro atoms. The predicted octanol–water partition coefficient (Wildman–Crippen LogP) is 0.844. The Kier molecular flexibility index (Phi) is 9.11. The molecular formula is C12H23NO5. The van der Waals surface area contributed by atoms with E-state index < -0.39 is 23.5 Å². The van der Waals surface area contributed by atoms with Gasteiger partial charge in [0, 0.05) is 6.54 Å². The van der Waals surface area contributed by atoms with Crippen LogP contribution in [0.1, 0.15) is 34.1 Å². The summed E-state index contributed by atoms with van der Waals surface area (Å²) < 4.78 is 0. The van der Waals surface area contributed by atoms with E-state index in [9.17, 15) is 9.59 Å². The second-order valence-corrected chi connectivity index (χ2v) is 4.80. The molecule has 0 aromatic heterocycles. The van der Waals surface area contributed by atoms with E-state index in [2.05, 4.69) is 0 Å². The monoisotopic (exact) mass is 261 g/mol. The Morgan fingerprint density at radius 3 is 1.83 bits per heavy atom. The van der Waals surface area contributed by atoms with Crippen molar-refractivity contribution in [1.29, 1.82) is 0 Å². The third-order valence-corrected chi connectivity index (χ3v) is 1.75. The summed E-state index contributed by atoms with van der Waals surface area (Å²) in [5.41, 5.74) is 5.18. The van der Waals surface area contributed by atoms with Gasteiger partial charge in [-0.15, -0.1) is 0 Å². The molecule has 1 unspecified atom stereocenters. The second kappa shape index (κ2) is 8.66. The lowest BCUT2D eigenvalue weighted by molar-refractivity contribution is -0.146. The zero-order chi connectivity index (χ0) is 14.9. The van der Waals surface area contributed by atoms with Crippen LogP contribution in [0, 0.1) is 5.92 Å². The SMILES string of the molecule is CC(C)(O)CN.CC(C)=CC(CC(=O)O)C(=O)O. The molecule has 0 rings (SSSR count). The summed E-state index contributed by atoms with van der Waals surface area (Å²) >= 11 is 0. The van der Waals surface area contributed by atoms with Crippen molar-refractivity contribution < 1.29 is 24.9 Å². The van der Waals surface area contributed by atoms with Crippen molar-refractivity contribution >= 4 is 11.9 Å². The molecule has 0 amide bonds. The van der Waals surface area contributed by atoms with E-state index in [4.69, 9.17) is 21.1 Å². The molecule has 18 heavy (non-hydrogen) atoms. The number of hydrogen-bond acceptors (Lipinski definition) is 4. The summed E-state index contributed by atoms with van der Waals surface area (Å²) in [7, 11) is 0. The third kappa shape index (κ3) is 14.6. The summed E-state index contributed by atoms with van der Waals surface area (Å²) in [6, 6.07) is 0. The zero-order valence-corrected chi connectivity index (χ0v) is 11.3. The van der Waals surface area contributed by atoms with Gasteiger partial charge in [0.2, 0.25) is 0 Å². The van der Waals surface area contributed by atoms with Crippen LogP contribution in [0.3, 0.4) is 0 Å². The topological polar surface area (TPSA) is 121 Å². The van der Waals surface area contributed by atoms with Crippen molar-refractivity contribution in [2.75, 3.05) is 6.54 Å². The van der Waals surface area contributed by atoms with Gasteiger partial charge in [0.25, 0.3) is 0 Å². The lowest BCUT2D eigenvalue weighted by Gasteiger charge is -2.11. The number of carboxylic acid groups (broad SMARTS) is 2. The quantitative estimate of drug-likeness (QED) is 0.544. The number of aliphatic hydroxyl groups is 1. The Morgan fingerprint density at radius 2 is 1.67 bits per heavy atom. The van der Waals surface area contributed by atoms with Gasteiger partial charge >= 0.3 is 11.9 Å². The van der Waals surface area contributed by atoms with Gasteiger partial charge in [-0.3, -0.25) is 9.59 Å². The Hall–Kier alpha value is -1.40. The highest BCUT2D eigenvalue weighted by molar-refractivity contribution is 5.79. The Labute approximate surface area is 107 Å². The molecule has 0 aromatic rings. The van der Waals surface area contributed by atoms with Gasteiger partial charge in [0.1, 0.15) is 0 Å². The van der Waals surface area contributed by atoms with Crippen LogP contribution in [0.4, 0.5) is 0 Å². The van der Waals surface area contributed by atoms with Crippen LogP contribution in [-0.4, -0.2) is 39.4 Å². The number of aliphatic carboxylic acids is 2. The number of rotatable bonds is 5. The number of nitrogens with two attached hydrogens (primary N) is 1. The van der Waals surface area contributed by atoms with E-state index in [1.54, 1.807) is 27.7 Å². The molecule has 0 aliphatic rings. The average molecular weight is 261 g/mol. The number of carboxylic acids is 2. The lowest BCUT2D eigenvalue weighted by atomic mass is 10.0. The fourth-order valence-electron chi connectivity index (χ4n) is 0.808. The van der Waals surface area contributed by atoms with Crippen LogP contribution in [-0.2, 0) is 9.59 Å². The number of hydrogen-bond donors (Lipinski definition) is 4. The lowest BCUT2D eigenvalue weighted by Crippen LogP contribution is -2.29. The van der Waals surface area contributed by atoms with Crippen LogP contribution < -0.4 is 5.73 Å². The molecular weight excluding hydrogens is 238 g/mol. The first-order chi connectivity index (χ1) is 7.99. The molecule has 0 saturated carbocycles. The molecule has 0 aromatic carbocycles. The first-order valence-electron chi connectivity index (χ1n) is 5.51. The van der Waals surface area contributed by atoms with Gasteiger partial charge in [0.15, 0.2) is 0 Å². The molecule has 0 radical (unpaired) electrons. The molecule has 6 heteroatoms. The van der Waals surface area contributed by atoms with Crippen LogP contribution in [0.5, 0.6) is 0 Å². The molecule has 0 bridgehead atoms. The minimum atomic E-state index is -1.10. The summed E-state index contributed by atoms with van der Waals surface area (Å²) in [5, 5.41) is 25.6. The van der Waals surface area contributed by atoms with E-state index in [0.717, 1.165) is 5.57 Å². The average Bonchev–Trinajstić information content (AvgIpc) is 2.15. The molecule has 0 saturated heterocycles. The predicted molar refractivity (Wildman–Crippen MR) is 68.2 cm³/mol. The molecule has 5 N–H and O–H groups in total. The number of carbonyl (C=O) groups is 2. The largest absolute Gasteiger partial charge is 0.481 e. The zero-order valence-electron chi connectivity index (χ0n) is 11.3. The minimum Gasteiger partial charge on any atom is -0.481 e. The Morgan fingerprint density at radius 1 is 1.28 bits per heavy atom. The van der Waals surface area contributed by atoms with Gasteiger partial charge in [-0.1, -0.05) is 11.6 Å². The second-order valence-electron chi connectivity index (χ2n) is 4.80. The highest BCUT2D eigenvalue weighted by Crippen LogP contribution is 2.08. The standard InChI is InChI=1S/C8H12O4.C4H11NO/c1-5(2)3-6(8(11)12)4-7(9)10;1-4(2,6)3-5/h3,6H,4H2,1-2H3,(H,9,10)(H,11,12);6H,3,5H2,1-2H3. The molecule has 0 fully saturated rings. The van der Waals surface area contributed by atoms with Crippen molar-refractivity contribution in [3.8, 4) is 0 Å². The highest BCUT2D eigenvalue weighted by atomic mass is 16.4. The molecule has 6 nitrogen and oxygen atoms in total. The molecule has 1 atom stereocenters. The van der Waals surface area contributed by atoms with Crippen LogP contribution in [0.2, 0.25) is 0 Å². The maximum atomic E-state index is 10.5. The highest BCUT2D eigenvalue weighted by Gasteiger charge is 2.17. The van der Waals surface area contributed by atoms with Gasteiger partial charge in [-0.05, 0) is 27.7 Å². The summed E-state index contributed by atoms with van der Waals surface area (Å²) in [6.07, 6.45) is 1.08. The van der Waals surface area contributed by atoms with E-state index >= 15 is 0 Å². The Bertz CT molecular complexity index is 300. The van der Waals surface area contributed by atoms with E-state index in [0.29, 0.717) is 6.54 Å². The van der Waals surface area contributed by atoms with E-state index in [-0.39, 0.29) is 6.42 Å². The first-order valence-corrected chi connectivity index (χ1v) is 5.51. The normalized spacial score (nSPS) is 11.9.